The third-order valence-electron chi connectivity index (χ3n) is 1.78. The Hall–Kier alpha value is -1.05. The molecule has 0 aromatic carbocycles. The van der Waals surface area contributed by atoms with Crippen LogP contribution in [0.1, 0.15) is 39.7 Å². The van der Waals surface area contributed by atoms with E-state index in [1.54, 1.807) is 0 Å². The van der Waals surface area contributed by atoms with Gasteiger partial charge in [-0.3, -0.25) is 4.98 Å². The molecule has 2 nitrogen and oxygen atoms in total. The van der Waals surface area contributed by atoms with Crippen molar-refractivity contribution in [2.75, 3.05) is 11.9 Å². The highest BCUT2D eigenvalue weighted by Gasteiger charge is 1.92. The summed E-state index contributed by atoms with van der Waals surface area (Å²) in [5.41, 5.74) is 2.42. The SMILES string of the molecule is CC.CCCNc1cncc(CC)c1. The third-order valence-corrected chi connectivity index (χ3v) is 1.78. The van der Waals surface area contributed by atoms with E-state index in [0.717, 1.165) is 25.1 Å². The molecule has 0 saturated carbocycles. The molecule has 0 aliphatic carbocycles. The molecule has 0 amide bonds. The molecule has 1 aromatic heterocycles. The molecule has 0 unspecified atom stereocenters. The average Bonchev–Trinajstić information content (AvgIpc) is 2.29. The molecule has 1 N–H and O–H groups in total. The van der Waals surface area contributed by atoms with E-state index in [1.807, 2.05) is 26.2 Å². The number of rotatable bonds is 4. The number of nitrogens with one attached hydrogen (secondary N) is 1. The molecule has 0 atom stereocenters. The lowest BCUT2D eigenvalue weighted by molar-refractivity contribution is 0.974. The molecule has 1 heterocycles. The molecule has 0 fully saturated rings. The van der Waals surface area contributed by atoms with E-state index in [9.17, 15) is 0 Å². The summed E-state index contributed by atoms with van der Waals surface area (Å²) < 4.78 is 0. The topological polar surface area (TPSA) is 24.9 Å². The maximum Gasteiger partial charge on any atom is 0.0529 e. The summed E-state index contributed by atoms with van der Waals surface area (Å²) in [5.74, 6) is 0. The fourth-order valence-corrected chi connectivity index (χ4v) is 1.05. The van der Waals surface area contributed by atoms with Gasteiger partial charge in [-0.15, -0.1) is 0 Å². The zero-order valence-electron chi connectivity index (χ0n) is 9.80. The number of aryl methyl sites for hydroxylation is 1. The second-order valence-electron chi connectivity index (χ2n) is 2.86. The van der Waals surface area contributed by atoms with Gasteiger partial charge in [0, 0.05) is 18.9 Å². The van der Waals surface area contributed by atoms with Crippen molar-refractivity contribution in [3.8, 4) is 0 Å². The molecule has 1 rings (SSSR count). The van der Waals surface area contributed by atoms with Crippen molar-refractivity contribution in [3.05, 3.63) is 24.0 Å². The first-order chi connectivity index (χ1) is 6.86. The number of hydrogen-bond donors (Lipinski definition) is 1. The second kappa shape index (κ2) is 8.54. The minimum atomic E-state index is 1.02. The van der Waals surface area contributed by atoms with Gasteiger partial charge in [0.15, 0.2) is 0 Å². The predicted molar refractivity (Wildman–Crippen MR) is 63.7 cm³/mol. The summed E-state index contributed by atoms with van der Waals surface area (Å²) >= 11 is 0. The van der Waals surface area contributed by atoms with Gasteiger partial charge in [-0.1, -0.05) is 27.7 Å². The van der Waals surface area contributed by atoms with Crippen LogP contribution >= 0.6 is 0 Å². The number of pyridine rings is 1. The summed E-state index contributed by atoms with van der Waals surface area (Å²) in [7, 11) is 0. The first-order valence-corrected chi connectivity index (χ1v) is 5.54. The molecule has 0 saturated heterocycles. The van der Waals surface area contributed by atoms with Crippen molar-refractivity contribution in [2.24, 2.45) is 0 Å². The lowest BCUT2D eigenvalue weighted by Gasteiger charge is -2.04. The van der Waals surface area contributed by atoms with E-state index in [-0.39, 0.29) is 0 Å². The predicted octanol–water partition coefficient (Wildman–Crippen LogP) is 3.49. The molecular weight excluding hydrogens is 172 g/mol. The molecule has 1 aromatic rings. The zero-order chi connectivity index (χ0) is 10.8. The maximum absolute atomic E-state index is 4.15. The Morgan fingerprint density at radius 1 is 1.21 bits per heavy atom. The quantitative estimate of drug-likeness (QED) is 0.793. The summed E-state index contributed by atoms with van der Waals surface area (Å²) in [5, 5.41) is 3.31. The molecule has 0 bridgehead atoms. The zero-order valence-corrected chi connectivity index (χ0v) is 9.80. The Bertz CT molecular complexity index is 234. The van der Waals surface area contributed by atoms with Gasteiger partial charge < -0.3 is 5.32 Å². The Morgan fingerprint density at radius 3 is 2.50 bits per heavy atom. The molecule has 80 valence electrons. The van der Waals surface area contributed by atoms with E-state index < -0.39 is 0 Å². The van der Waals surface area contributed by atoms with Crippen LogP contribution in [0.2, 0.25) is 0 Å². The molecule has 2 heteroatoms. The van der Waals surface area contributed by atoms with Crippen LogP contribution in [0.3, 0.4) is 0 Å². The Morgan fingerprint density at radius 2 is 1.93 bits per heavy atom. The van der Waals surface area contributed by atoms with E-state index in [4.69, 9.17) is 0 Å². The fourth-order valence-electron chi connectivity index (χ4n) is 1.05. The monoisotopic (exact) mass is 194 g/mol. The van der Waals surface area contributed by atoms with Gasteiger partial charge in [0.25, 0.3) is 0 Å². The van der Waals surface area contributed by atoms with Crippen molar-refractivity contribution in [1.82, 2.24) is 4.98 Å². The van der Waals surface area contributed by atoms with Crippen LogP contribution in [-0.2, 0) is 6.42 Å². The van der Waals surface area contributed by atoms with E-state index >= 15 is 0 Å². The molecule has 0 radical (unpaired) electrons. The average molecular weight is 194 g/mol. The minimum Gasteiger partial charge on any atom is -0.384 e. The smallest absolute Gasteiger partial charge is 0.0529 e. The Kier molecular flexibility index (Phi) is 7.90. The summed E-state index contributed by atoms with van der Waals surface area (Å²) in [6, 6.07) is 2.16. The number of hydrogen-bond acceptors (Lipinski definition) is 2. The van der Waals surface area contributed by atoms with Crippen molar-refractivity contribution in [3.63, 3.8) is 0 Å². The van der Waals surface area contributed by atoms with Crippen LogP contribution in [-0.4, -0.2) is 11.5 Å². The number of nitrogens with zero attached hydrogens (tertiary/aromatic N) is 1. The van der Waals surface area contributed by atoms with Gasteiger partial charge in [0.05, 0.1) is 5.69 Å². The van der Waals surface area contributed by atoms with Crippen molar-refractivity contribution in [1.29, 1.82) is 0 Å². The molecule has 0 spiro atoms. The third kappa shape index (κ3) is 4.85. The van der Waals surface area contributed by atoms with Crippen LogP contribution in [0.15, 0.2) is 18.5 Å². The highest BCUT2D eigenvalue weighted by Crippen LogP contribution is 2.08. The van der Waals surface area contributed by atoms with Crippen LogP contribution < -0.4 is 5.32 Å². The largest absolute Gasteiger partial charge is 0.384 e. The summed E-state index contributed by atoms with van der Waals surface area (Å²) in [6.07, 6.45) is 5.98. The van der Waals surface area contributed by atoms with Crippen molar-refractivity contribution < 1.29 is 0 Å². The van der Waals surface area contributed by atoms with Crippen molar-refractivity contribution in [2.45, 2.75) is 40.5 Å². The molecular formula is C12H22N2. The maximum atomic E-state index is 4.15. The van der Waals surface area contributed by atoms with E-state index in [2.05, 4.69) is 30.2 Å². The second-order valence-corrected chi connectivity index (χ2v) is 2.86. The van der Waals surface area contributed by atoms with Gasteiger partial charge in [0.2, 0.25) is 0 Å². The number of aromatic nitrogens is 1. The standard InChI is InChI=1S/C10H16N2.C2H6/c1-3-5-12-10-6-9(4-2)7-11-8-10;1-2/h6-8,12H,3-5H2,1-2H3;1-2H3. The molecule has 14 heavy (non-hydrogen) atoms. The van der Waals surface area contributed by atoms with Gasteiger partial charge in [-0.05, 0) is 24.5 Å². The van der Waals surface area contributed by atoms with Crippen LogP contribution in [0, 0.1) is 0 Å². The number of anilines is 1. The van der Waals surface area contributed by atoms with E-state index in [0.29, 0.717) is 0 Å². The first kappa shape index (κ1) is 12.9. The van der Waals surface area contributed by atoms with Crippen LogP contribution in [0.5, 0.6) is 0 Å². The Labute approximate surface area is 87.8 Å². The van der Waals surface area contributed by atoms with Crippen LogP contribution in [0.4, 0.5) is 5.69 Å². The van der Waals surface area contributed by atoms with Gasteiger partial charge in [0.1, 0.15) is 0 Å². The van der Waals surface area contributed by atoms with Gasteiger partial charge in [-0.25, -0.2) is 0 Å². The minimum absolute atomic E-state index is 1.02. The first-order valence-electron chi connectivity index (χ1n) is 5.54. The highest BCUT2D eigenvalue weighted by molar-refractivity contribution is 5.42. The lowest BCUT2D eigenvalue weighted by Crippen LogP contribution is -2.00. The van der Waals surface area contributed by atoms with Gasteiger partial charge in [-0.2, -0.15) is 0 Å². The molecule has 0 aliphatic heterocycles. The summed E-state index contributed by atoms with van der Waals surface area (Å²) in [6.45, 7) is 9.32. The Balaban J connectivity index is 0.000000791. The fraction of sp³-hybridized carbons (Fsp3) is 0.583. The molecule has 0 aliphatic rings. The van der Waals surface area contributed by atoms with Gasteiger partial charge >= 0.3 is 0 Å². The van der Waals surface area contributed by atoms with E-state index in [1.165, 1.54) is 5.56 Å². The summed E-state index contributed by atoms with van der Waals surface area (Å²) in [4.78, 5) is 4.15. The van der Waals surface area contributed by atoms with Crippen molar-refractivity contribution >= 4 is 5.69 Å². The van der Waals surface area contributed by atoms with Crippen LogP contribution in [0.25, 0.3) is 0 Å². The normalized spacial score (nSPS) is 8.86. The highest BCUT2D eigenvalue weighted by atomic mass is 14.9. The lowest BCUT2D eigenvalue weighted by atomic mass is 10.2.